The molecule has 0 fully saturated rings. The molecule has 8 heteroatoms. The van der Waals surface area contributed by atoms with Crippen molar-refractivity contribution in [1.29, 1.82) is 0 Å². The third-order valence-corrected chi connectivity index (χ3v) is 2.42. The first-order valence-corrected chi connectivity index (χ1v) is 5.25. The Balaban J connectivity index is 2.23. The fraction of sp³-hybridized carbons (Fsp3) is 0.273. The second kappa shape index (κ2) is 4.79. The van der Waals surface area contributed by atoms with E-state index in [0.29, 0.717) is 11.4 Å². The number of nitrogens with two attached hydrogens (primary N) is 1. The van der Waals surface area contributed by atoms with Gasteiger partial charge in [0.05, 0.1) is 5.56 Å². The third kappa shape index (κ3) is 2.95. The summed E-state index contributed by atoms with van der Waals surface area (Å²) in [5.74, 6) is -0.316. The summed E-state index contributed by atoms with van der Waals surface area (Å²) in [6.45, 7) is 1.45. The van der Waals surface area contributed by atoms with Crippen LogP contribution in [0.15, 0.2) is 22.8 Å². The van der Waals surface area contributed by atoms with Crippen molar-refractivity contribution in [3.05, 3.63) is 35.2 Å². The maximum absolute atomic E-state index is 12.8. The lowest BCUT2D eigenvalue weighted by Gasteiger charge is -2.13. The highest BCUT2D eigenvalue weighted by Crippen LogP contribution is 2.37. The van der Waals surface area contributed by atoms with Crippen molar-refractivity contribution in [3.63, 3.8) is 0 Å². The molecule has 0 saturated carbocycles. The molecule has 5 nitrogen and oxygen atoms in total. The zero-order valence-electron chi connectivity index (χ0n) is 9.86. The second-order valence-corrected chi connectivity index (χ2v) is 3.84. The number of hydrogen-bond donors (Lipinski definition) is 1. The number of nitrogen functional groups attached to an aromatic ring is 1. The Hall–Kier alpha value is -2.25. The van der Waals surface area contributed by atoms with Crippen molar-refractivity contribution in [3.8, 4) is 5.75 Å². The monoisotopic (exact) mass is 273 g/mol. The van der Waals surface area contributed by atoms with E-state index in [2.05, 4.69) is 14.9 Å². The molecular weight excluding hydrogens is 263 g/mol. The summed E-state index contributed by atoms with van der Waals surface area (Å²) in [7, 11) is 0. The first kappa shape index (κ1) is 13.2. The maximum atomic E-state index is 12.8. The lowest BCUT2D eigenvalue weighted by molar-refractivity contribution is -0.139. The molecule has 0 aliphatic rings. The first-order valence-electron chi connectivity index (χ1n) is 5.25. The van der Waals surface area contributed by atoms with E-state index in [0.717, 1.165) is 6.07 Å². The molecule has 1 heterocycles. The lowest BCUT2D eigenvalue weighted by Crippen LogP contribution is -2.10. The number of rotatable bonds is 3. The molecule has 2 rings (SSSR count). The average molecular weight is 273 g/mol. The molecule has 2 aromatic rings. The van der Waals surface area contributed by atoms with Gasteiger partial charge in [0.2, 0.25) is 0 Å². The summed E-state index contributed by atoms with van der Waals surface area (Å²) in [5, 5.41) is 7.03. The van der Waals surface area contributed by atoms with Crippen LogP contribution in [0.1, 0.15) is 17.0 Å². The van der Waals surface area contributed by atoms with Gasteiger partial charge in [0, 0.05) is 5.69 Å². The van der Waals surface area contributed by atoms with Crippen LogP contribution in [0.3, 0.4) is 0 Å². The normalized spacial score (nSPS) is 11.6. The molecule has 0 saturated heterocycles. The van der Waals surface area contributed by atoms with Crippen molar-refractivity contribution in [1.82, 2.24) is 10.3 Å². The van der Waals surface area contributed by atoms with Gasteiger partial charge in [-0.3, -0.25) is 0 Å². The average Bonchev–Trinajstić information content (AvgIpc) is 2.72. The number of anilines is 1. The predicted molar refractivity (Wildman–Crippen MR) is 59.2 cm³/mol. The SMILES string of the molecule is Cc1nonc1COc1ccc(N)cc1C(F)(F)F. The highest BCUT2D eigenvalue weighted by atomic mass is 19.4. The number of nitrogens with zero attached hydrogens (tertiary/aromatic N) is 2. The molecular formula is C11H10F3N3O2. The number of hydrogen-bond acceptors (Lipinski definition) is 5. The predicted octanol–water partition coefficient (Wildman–Crippen LogP) is 2.56. The molecule has 0 aliphatic heterocycles. The van der Waals surface area contributed by atoms with Gasteiger partial charge >= 0.3 is 6.18 Å². The Labute approximate surface area is 106 Å². The Kier molecular flexibility index (Phi) is 3.32. The summed E-state index contributed by atoms with van der Waals surface area (Å²) in [5.41, 5.74) is 5.23. The van der Waals surface area contributed by atoms with E-state index in [9.17, 15) is 13.2 Å². The number of halogens is 3. The molecule has 0 unspecified atom stereocenters. The fourth-order valence-corrected chi connectivity index (χ4v) is 1.42. The van der Waals surface area contributed by atoms with Crippen molar-refractivity contribution < 1.29 is 22.5 Å². The molecule has 0 atom stereocenters. The third-order valence-electron chi connectivity index (χ3n) is 2.42. The summed E-state index contributed by atoms with van der Waals surface area (Å²) in [6.07, 6.45) is -4.54. The molecule has 102 valence electrons. The van der Waals surface area contributed by atoms with Crippen LogP contribution in [0.25, 0.3) is 0 Å². The molecule has 2 N–H and O–H groups in total. The van der Waals surface area contributed by atoms with Crippen molar-refractivity contribution >= 4 is 5.69 Å². The topological polar surface area (TPSA) is 74.2 Å². The van der Waals surface area contributed by atoms with Gasteiger partial charge in [-0.15, -0.1) is 0 Å². The van der Waals surface area contributed by atoms with Crippen LogP contribution in [0.5, 0.6) is 5.75 Å². The van der Waals surface area contributed by atoms with E-state index in [1.165, 1.54) is 12.1 Å². The minimum atomic E-state index is -4.54. The highest BCUT2D eigenvalue weighted by molar-refractivity contribution is 5.49. The van der Waals surface area contributed by atoms with Crippen LogP contribution >= 0.6 is 0 Å². The van der Waals surface area contributed by atoms with Crippen LogP contribution in [0.2, 0.25) is 0 Å². The number of ether oxygens (including phenoxy) is 1. The van der Waals surface area contributed by atoms with E-state index < -0.39 is 11.7 Å². The number of benzene rings is 1. The maximum Gasteiger partial charge on any atom is 0.420 e. The van der Waals surface area contributed by atoms with Gasteiger partial charge in [0.15, 0.2) is 0 Å². The number of aromatic nitrogens is 2. The molecule has 1 aromatic heterocycles. The van der Waals surface area contributed by atoms with E-state index in [-0.39, 0.29) is 18.0 Å². The molecule has 0 bridgehead atoms. The van der Waals surface area contributed by atoms with E-state index in [4.69, 9.17) is 10.5 Å². The zero-order valence-corrected chi connectivity index (χ0v) is 9.86. The largest absolute Gasteiger partial charge is 0.486 e. The van der Waals surface area contributed by atoms with Gasteiger partial charge in [0.1, 0.15) is 23.7 Å². The molecule has 0 radical (unpaired) electrons. The lowest BCUT2D eigenvalue weighted by atomic mass is 10.1. The van der Waals surface area contributed by atoms with Gasteiger partial charge in [0.25, 0.3) is 0 Å². The Morgan fingerprint density at radius 2 is 2.05 bits per heavy atom. The van der Waals surface area contributed by atoms with Crippen LogP contribution in [0.4, 0.5) is 18.9 Å². The molecule has 0 spiro atoms. The van der Waals surface area contributed by atoms with Gasteiger partial charge in [-0.2, -0.15) is 13.2 Å². The Morgan fingerprint density at radius 3 is 2.63 bits per heavy atom. The number of alkyl halides is 3. The van der Waals surface area contributed by atoms with E-state index >= 15 is 0 Å². The Morgan fingerprint density at radius 1 is 1.32 bits per heavy atom. The standard InChI is InChI=1S/C11H10F3N3O2/c1-6-9(17-19-16-6)5-18-10-3-2-7(15)4-8(10)11(12,13)14/h2-4H,5,15H2,1H3. The summed E-state index contributed by atoms with van der Waals surface area (Å²) >= 11 is 0. The zero-order chi connectivity index (χ0) is 14.0. The minimum absolute atomic E-state index is 0.0129. The summed E-state index contributed by atoms with van der Waals surface area (Å²) in [6, 6.07) is 3.32. The van der Waals surface area contributed by atoms with Crippen molar-refractivity contribution in [2.75, 3.05) is 5.73 Å². The van der Waals surface area contributed by atoms with E-state index in [1.807, 2.05) is 0 Å². The van der Waals surface area contributed by atoms with Gasteiger partial charge < -0.3 is 10.5 Å². The van der Waals surface area contributed by atoms with E-state index in [1.54, 1.807) is 6.92 Å². The molecule has 1 aromatic carbocycles. The summed E-state index contributed by atoms with van der Waals surface area (Å²) < 4.78 is 47.9. The highest BCUT2D eigenvalue weighted by Gasteiger charge is 2.34. The van der Waals surface area contributed by atoms with Gasteiger partial charge in [-0.25, -0.2) is 4.63 Å². The summed E-state index contributed by atoms with van der Waals surface area (Å²) in [4.78, 5) is 0. The molecule has 0 aliphatic carbocycles. The minimum Gasteiger partial charge on any atom is -0.486 e. The van der Waals surface area contributed by atoms with Gasteiger partial charge in [-0.1, -0.05) is 10.3 Å². The van der Waals surface area contributed by atoms with Gasteiger partial charge in [-0.05, 0) is 25.1 Å². The fourth-order valence-electron chi connectivity index (χ4n) is 1.42. The molecule has 0 amide bonds. The smallest absolute Gasteiger partial charge is 0.420 e. The number of aryl methyl sites for hydroxylation is 1. The van der Waals surface area contributed by atoms with Crippen LogP contribution in [-0.4, -0.2) is 10.3 Å². The first-order chi connectivity index (χ1) is 8.88. The second-order valence-electron chi connectivity index (χ2n) is 3.84. The quantitative estimate of drug-likeness (QED) is 0.870. The van der Waals surface area contributed by atoms with Crippen LogP contribution < -0.4 is 10.5 Å². The van der Waals surface area contributed by atoms with Crippen molar-refractivity contribution in [2.24, 2.45) is 0 Å². The van der Waals surface area contributed by atoms with Crippen LogP contribution in [0, 0.1) is 6.92 Å². The van der Waals surface area contributed by atoms with Crippen LogP contribution in [-0.2, 0) is 12.8 Å². The Bertz CT molecular complexity index is 581. The van der Waals surface area contributed by atoms with Crippen molar-refractivity contribution in [2.45, 2.75) is 19.7 Å². The molecule has 19 heavy (non-hydrogen) atoms.